The van der Waals surface area contributed by atoms with Crippen molar-refractivity contribution in [3.8, 4) is 0 Å². The van der Waals surface area contributed by atoms with Gasteiger partial charge in [-0.2, -0.15) is 0 Å². The van der Waals surface area contributed by atoms with Crippen LogP contribution >= 0.6 is 0 Å². The zero-order chi connectivity index (χ0) is 12.3. The van der Waals surface area contributed by atoms with E-state index in [9.17, 15) is 0 Å². The van der Waals surface area contributed by atoms with Crippen LogP contribution in [0.1, 0.15) is 0 Å². The molecule has 1 saturated heterocycles. The Labute approximate surface area is 99.8 Å². The first-order chi connectivity index (χ1) is 6.47. The first-order valence-corrected chi connectivity index (χ1v) is 16.3. The maximum absolute atomic E-state index is 5.08. The fourth-order valence-electron chi connectivity index (χ4n) is 2.15. The predicted molar refractivity (Wildman–Crippen MR) is 79.7 cm³/mol. The van der Waals surface area contributed by atoms with Gasteiger partial charge in [-0.25, -0.2) is 0 Å². The Kier molecular flexibility index (Phi) is 5.51. The van der Waals surface area contributed by atoms with Gasteiger partial charge in [0.25, 0.3) is 0 Å². The summed E-state index contributed by atoms with van der Waals surface area (Å²) in [5.41, 5.74) is 1.68. The molecule has 0 aromatic heterocycles. The minimum absolute atomic E-state index is 0.614. The summed E-state index contributed by atoms with van der Waals surface area (Å²) in [4.78, 5) is 0. The van der Waals surface area contributed by atoms with Gasteiger partial charge in [-0.1, -0.05) is 43.9 Å². The van der Waals surface area contributed by atoms with E-state index in [4.69, 9.17) is 4.43 Å². The summed E-state index contributed by atoms with van der Waals surface area (Å²) in [6.45, 7) is 16.7. The molecule has 15 heavy (non-hydrogen) atoms. The highest BCUT2D eigenvalue weighted by atomic mass is 28.4. The van der Waals surface area contributed by atoms with Gasteiger partial charge < -0.3 is 4.43 Å². The topological polar surface area (TPSA) is 9.23 Å². The largest absolute Gasteiger partial charge is 0.421 e. The summed E-state index contributed by atoms with van der Waals surface area (Å²) >= 11 is 0. The average molecular weight is 263 g/mol. The molecule has 1 fully saturated rings. The summed E-state index contributed by atoms with van der Waals surface area (Å²) < 4.78 is 5.08. The van der Waals surface area contributed by atoms with Crippen molar-refractivity contribution in [1.82, 2.24) is 0 Å². The van der Waals surface area contributed by atoms with Crippen LogP contribution in [-0.4, -0.2) is 31.6 Å². The molecule has 0 aromatic rings. The molecular weight excluding hydrogens is 232 g/mol. The molecule has 1 aliphatic heterocycles. The van der Waals surface area contributed by atoms with Crippen LogP contribution in [0.25, 0.3) is 0 Å². The third-order valence-electron chi connectivity index (χ3n) is 3.05. The van der Waals surface area contributed by atoms with Crippen molar-refractivity contribution < 1.29 is 4.43 Å². The molecule has 0 spiro atoms. The van der Waals surface area contributed by atoms with Crippen molar-refractivity contribution in [2.45, 2.75) is 63.6 Å². The van der Waals surface area contributed by atoms with Crippen LogP contribution in [0, 0.1) is 0 Å². The number of rotatable bonds is 1. The van der Waals surface area contributed by atoms with E-state index in [1.165, 1.54) is 0 Å². The minimum atomic E-state index is -1.13. The van der Waals surface area contributed by atoms with E-state index >= 15 is 0 Å². The van der Waals surface area contributed by atoms with Crippen LogP contribution in [0.4, 0.5) is 0 Å². The second-order valence-electron chi connectivity index (χ2n) is 7.32. The zero-order valence-electron chi connectivity index (χ0n) is 12.0. The molecule has 92 valence electrons. The Hall–Kier alpha value is 0.611. The standard InChI is InChI=1S/C7H18Si2.C4H12OSi/c1-8(2)5-6-9(3,4)7-8;1-5-6(2,3)4/h5-7H2,1-4H3;1-4H3. The summed E-state index contributed by atoms with van der Waals surface area (Å²) in [5.74, 6) is 0. The molecule has 0 aliphatic carbocycles. The first-order valence-electron chi connectivity index (χ1n) is 6.03. The lowest BCUT2D eigenvalue weighted by Gasteiger charge is -2.17. The summed E-state index contributed by atoms with van der Waals surface area (Å²) in [7, 11) is -0.589. The molecule has 1 heterocycles. The Bertz CT molecular complexity index is 180. The van der Waals surface area contributed by atoms with Crippen molar-refractivity contribution in [1.29, 1.82) is 0 Å². The molecule has 1 aliphatic rings. The third-order valence-corrected chi connectivity index (χ3v) is 15.6. The lowest BCUT2D eigenvalue weighted by atomic mass is 10.9. The maximum Gasteiger partial charge on any atom is 0.183 e. The molecule has 0 radical (unpaired) electrons. The Morgan fingerprint density at radius 3 is 1.20 bits per heavy atom. The lowest BCUT2D eigenvalue weighted by Crippen LogP contribution is -2.27. The van der Waals surface area contributed by atoms with Crippen LogP contribution in [0.2, 0.25) is 63.6 Å². The smallest absolute Gasteiger partial charge is 0.183 e. The second kappa shape index (κ2) is 5.29. The Morgan fingerprint density at radius 2 is 1.13 bits per heavy atom. The summed E-state index contributed by atoms with van der Waals surface area (Å²) in [5, 5.41) is 0. The molecule has 0 bridgehead atoms. The van der Waals surface area contributed by atoms with E-state index in [1.54, 1.807) is 24.9 Å². The molecule has 0 aromatic carbocycles. The quantitative estimate of drug-likeness (QED) is 0.636. The van der Waals surface area contributed by atoms with E-state index in [-0.39, 0.29) is 0 Å². The molecule has 0 saturated carbocycles. The van der Waals surface area contributed by atoms with Crippen LogP contribution in [-0.2, 0) is 4.43 Å². The number of hydrogen-bond acceptors (Lipinski definition) is 1. The van der Waals surface area contributed by atoms with Crippen LogP contribution in [0.5, 0.6) is 0 Å². The molecule has 4 heteroatoms. The second-order valence-corrected chi connectivity index (χ2v) is 23.0. The highest BCUT2D eigenvalue weighted by Gasteiger charge is 2.38. The summed E-state index contributed by atoms with van der Waals surface area (Å²) in [6, 6.07) is 3.23. The van der Waals surface area contributed by atoms with Crippen molar-refractivity contribution in [2.24, 2.45) is 0 Å². The van der Waals surface area contributed by atoms with Gasteiger partial charge in [0, 0.05) is 23.3 Å². The van der Waals surface area contributed by atoms with Crippen molar-refractivity contribution in [3.05, 3.63) is 0 Å². The van der Waals surface area contributed by atoms with E-state index in [0.29, 0.717) is 0 Å². The van der Waals surface area contributed by atoms with Gasteiger partial charge in [-0.15, -0.1) is 0 Å². The van der Waals surface area contributed by atoms with Crippen molar-refractivity contribution in [3.63, 3.8) is 0 Å². The Morgan fingerprint density at radius 1 is 0.867 bits per heavy atom. The highest BCUT2D eigenvalue weighted by Crippen LogP contribution is 2.36. The molecule has 1 nitrogen and oxygen atoms in total. The van der Waals surface area contributed by atoms with Gasteiger partial charge in [-0.3, -0.25) is 0 Å². The highest BCUT2D eigenvalue weighted by molar-refractivity contribution is 6.99. The fourth-order valence-corrected chi connectivity index (χ4v) is 19.3. The van der Waals surface area contributed by atoms with Gasteiger partial charge in [0.1, 0.15) is 0 Å². The molecule has 0 N–H and O–H groups in total. The molecule has 0 atom stereocenters. The van der Waals surface area contributed by atoms with Gasteiger partial charge in [0.2, 0.25) is 0 Å². The minimum Gasteiger partial charge on any atom is -0.421 e. The van der Waals surface area contributed by atoms with Gasteiger partial charge in [0.05, 0.1) is 0 Å². The Balaban J connectivity index is 0.000000288. The molecule has 0 amide bonds. The van der Waals surface area contributed by atoms with Gasteiger partial charge >= 0.3 is 0 Å². The van der Waals surface area contributed by atoms with E-state index < -0.39 is 24.5 Å². The van der Waals surface area contributed by atoms with Crippen LogP contribution in [0.15, 0.2) is 0 Å². The number of hydrogen-bond donors (Lipinski definition) is 0. The van der Waals surface area contributed by atoms with Crippen molar-refractivity contribution >= 4 is 24.5 Å². The van der Waals surface area contributed by atoms with Crippen molar-refractivity contribution in [2.75, 3.05) is 7.11 Å². The average Bonchev–Trinajstić information content (AvgIpc) is 2.23. The first kappa shape index (κ1) is 15.6. The maximum atomic E-state index is 5.08. The zero-order valence-corrected chi connectivity index (χ0v) is 15.0. The normalized spacial score (nSPS) is 23.2. The molecule has 0 unspecified atom stereocenters. The van der Waals surface area contributed by atoms with Crippen LogP contribution < -0.4 is 0 Å². The van der Waals surface area contributed by atoms with Crippen LogP contribution in [0.3, 0.4) is 0 Å². The SMILES string of the molecule is CO[Si](C)(C)C.C[Si]1(C)CC[Si](C)(C)C1. The summed E-state index contributed by atoms with van der Waals surface area (Å²) in [6.07, 6.45) is 0. The molecule has 1 rings (SSSR count). The van der Waals surface area contributed by atoms with E-state index in [2.05, 4.69) is 45.8 Å². The van der Waals surface area contributed by atoms with Gasteiger partial charge in [-0.05, 0) is 19.6 Å². The fraction of sp³-hybridized carbons (Fsp3) is 1.00. The lowest BCUT2D eigenvalue weighted by molar-refractivity contribution is 0.411. The van der Waals surface area contributed by atoms with Gasteiger partial charge in [0.15, 0.2) is 8.32 Å². The van der Waals surface area contributed by atoms with E-state index in [1.807, 2.05) is 0 Å². The monoisotopic (exact) mass is 262 g/mol. The van der Waals surface area contributed by atoms with E-state index in [0.717, 1.165) is 0 Å². The molecular formula is C11H30OSi3. The third kappa shape index (κ3) is 8.42. The predicted octanol–water partition coefficient (Wildman–Crippen LogP) is 4.42.